The molecule has 0 aromatic rings. The van der Waals surface area contributed by atoms with Crippen molar-refractivity contribution >= 4 is 23.7 Å². The van der Waals surface area contributed by atoms with Gasteiger partial charge in [-0.05, 0) is 0 Å². The molecule has 1 aliphatic rings. The second kappa shape index (κ2) is 5.48. The molecule has 2 N–H and O–H groups in total. The predicted octanol–water partition coefficient (Wildman–Crippen LogP) is -2.12. The van der Waals surface area contributed by atoms with E-state index in [1.807, 2.05) is 0 Å². The molecule has 0 saturated carbocycles. The fraction of sp³-hybridized carbons (Fsp3) is 0.600. The molecule has 0 aromatic carbocycles. The number of hydrogen-bond donors (Lipinski definition) is 2. The molecule has 1 heterocycles. The molecule has 0 aromatic heterocycles. The highest BCUT2D eigenvalue weighted by molar-refractivity contribution is 5.93. The Morgan fingerprint density at radius 3 is 2.61 bits per heavy atom. The van der Waals surface area contributed by atoms with Gasteiger partial charge in [-0.25, -0.2) is 4.79 Å². The van der Waals surface area contributed by atoms with Gasteiger partial charge in [-0.2, -0.15) is 0 Å². The molecule has 1 aliphatic heterocycles. The van der Waals surface area contributed by atoms with Gasteiger partial charge in [0, 0.05) is 20.5 Å². The van der Waals surface area contributed by atoms with Gasteiger partial charge in [-0.15, -0.1) is 0 Å². The summed E-state index contributed by atoms with van der Waals surface area (Å²) in [5.74, 6) is -2.47. The van der Waals surface area contributed by atoms with Gasteiger partial charge in [0.2, 0.25) is 17.7 Å². The average Bonchev–Trinajstić information content (AvgIpc) is 2.28. The maximum atomic E-state index is 11.9. The number of aliphatic carboxylic acids is 1. The third-order valence-electron chi connectivity index (χ3n) is 2.70. The first-order valence-corrected chi connectivity index (χ1v) is 5.33. The molecule has 1 fully saturated rings. The lowest BCUT2D eigenvalue weighted by Gasteiger charge is -2.33. The van der Waals surface area contributed by atoms with Crippen molar-refractivity contribution in [3.63, 3.8) is 0 Å². The molecular formula is C10H15N3O5. The Morgan fingerprint density at radius 1 is 1.50 bits per heavy atom. The number of piperazine rings is 1. The molecule has 0 bridgehead atoms. The van der Waals surface area contributed by atoms with Crippen molar-refractivity contribution in [1.29, 1.82) is 0 Å². The summed E-state index contributed by atoms with van der Waals surface area (Å²) in [5, 5.41) is 11.3. The first-order valence-electron chi connectivity index (χ1n) is 5.33. The fourth-order valence-electron chi connectivity index (χ4n) is 1.53. The van der Waals surface area contributed by atoms with E-state index in [9.17, 15) is 19.2 Å². The van der Waals surface area contributed by atoms with Gasteiger partial charge in [0.05, 0.1) is 6.54 Å². The summed E-state index contributed by atoms with van der Waals surface area (Å²) in [6.45, 7) is 0.627. The van der Waals surface area contributed by atoms with Crippen LogP contribution in [0, 0.1) is 0 Å². The van der Waals surface area contributed by atoms with Crippen LogP contribution in [0.1, 0.15) is 6.92 Å². The summed E-state index contributed by atoms with van der Waals surface area (Å²) in [6.07, 6.45) is 0. The molecule has 1 saturated heterocycles. The topological polar surface area (TPSA) is 107 Å². The minimum atomic E-state index is -1.19. The minimum Gasteiger partial charge on any atom is -0.480 e. The summed E-state index contributed by atoms with van der Waals surface area (Å²) in [5.41, 5.74) is 0. The van der Waals surface area contributed by atoms with Crippen molar-refractivity contribution in [2.45, 2.75) is 13.0 Å². The lowest BCUT2D eigenvalue weighted by molar-refractivity contribution is -0.154. The first-order chi connectivity index (χ1) is 8.32. The van der Waals surface area contributed by atoms with Crippen LogP contribution < -0.4 is 5.32 Å². The van der Waals surface area contributed by atoms with Crippen LogP contribution in [0.4, 0.5) is 0 Å². The number of nitrogens with one attached hydrogen (secondary N) is 1. The summed E-state index contributed by atoms with van der Waals surface area (Å²) in [6, 6.07) is -1.09. The fourth-order valence-corrected chi connectivity index (χ4v) is 1.53. The van der Waals surface area contributed by atoms with E-state index in [4.69, 9.17) is 5.11 Å². The van der Waals surface area contributed by atoms with E-state index in [1.54, 1.807) is 0 Å². The van der Waals surface area contributed by atoms with Crippen LogP contribution in [-0.4, -0.2) is 71.3 Å². The standard InChI is InChI=1S/C10H15N3O5/c1-6(14)12(2)5-9(16)13-4-8(15)11-3-7(13)10(17)18/h7H,3-5H2,1-2H3,(H,11,15)(H,17,18). The van der Waals surface area contributed by atoms with E-state index in [-0.39, 0.29) is 25.5 Å². The Bertz CT molecular complexity index is 395. The van der Waals surface area contributed by atoms with Gasteiger partial charge in [-0.1, -0.05) is 0 Å². The molecule has 0 spiro atoms. The Labute approximate surface area is 104 Å². The number of nitrogens with zero attached hydrogens (tertiary/aromatic N) is 2. The zero-order valence-electron chi connectivity index (χ0n) is 10.2. The molecule has 1 unspecified atom stereocenters. The van der Waals surface area contributed by atoms with Gasteiger partial charge < -0.3 is 20.2 Å². The van der Waals surface area contributed by atoms with Gasteiger partial charge in [0.15, 0.2) is 0 Å². The van der Waals surface area contributed by atoms with Crippen molar-refractivity contribution in [3.05, 3.63) is 0 Å². The average molecular weight is 257 g/mol. The van der Waals surface area contributed by atoms with Crippen LogP contribution >= 0.6 is 0 Å². The lowest BCUT2D eigenvalue weighted by atomic mass is 10.2. The van der Waals surface area contributed by atoms with Gasteiger partial charge in [0.25, 0.3) is 0 Å². The first kappa shape index (κ1) is 13.9. The summed E-state index contributed by atoms with van der Waals surface area (Å²) < 4.78 is 0. The van der Waals surface area contributed by atoms with Crippen molar-refractivity contribution in [2.75, 3.05) is 26.7 Å². The number of amides is 3. The summed E-state index contributed by atoms with van der Waals surface area (Å²) >= 11 is 0. The molecule has 0 aliphatic carbocycles. The third kappa shape index (κ3) is 3.19. The van der Waals surface area contributed by atoms with Crippen LogP contribution in [0.2, 0.25) is 0 Å². The zero-order chi connectivity index (χ0) is 13.9. The maximum absolute atomic E-state index is 11.9. The number of carboxylic acid groups (broad SMARTS) is 1. The van der Waals surface area contributed by atoms with E-state index in [2.05, 4.69) is 5.32 Å². The van der Waals surface area contributed by atoms with Crippen molar-refractivity contribution in [1.82, 2.24) is 15.1 Å². The lowest BCUT2D eigenvalue weighted by Crippen LogP contribution is -2.60. The van der Waals surface area contributed by atoms with E-state index in [1.165, 1.54) is 14.0 Å². The van der Waals surface area contributed by atoms with Crippen molar-refractivity contribution in [2.24, 2.45) is 0 Å². The largest absolute Gasteiger partial charge is 0.480 e. The predicted molar refractivity (Wildman–Crippen MR) is 59.5 cm³/mol. The number of carbonyl (C=O) groups excluding carboxylic acids is 3. The number of carbonyl (C=O) groups is 4. The minimum absolute atomic E-state index is 0.121. The van der Waals surface area contributed by atoms with E-state index in [0.717, 1.165) is 9.80 Å². The highest BCUT2D eigenvalue weighted by atomic mass is 16.4. The molecule has 0 radical (unpaired) electrons. The second-order valence-corrected chi connectivity index (χ2v) is 4.05. The smallest absolute Gasteiger partial charge is 0.328 e. The molecule has 8 heteroatoms. The highest BCUT2D eigenvalue weighted by Crippen LogP contribution is 2.05. The SMILES string of the molecule is CC(=O)N(C)CC(=O)N1CC(=O)NCC1C(=O)O. The number of carboxylic acids is 1. The Hall–Kier alpha value is -2.12. The summed E-state index contributed by atoms with van der Waals surface area (Å²) in [7, 11) is 1.43. The number of hydrogen-bond acceptors (Lipinski definition) is 4. The van der Waals surface area contributed by atoms with Gasteiger partial charge >= 0.3 is 5.97 Å². The normalized spacial score (nSPS) is 19.1. The molecule has 8 nitrogen and oxygen atoms in total. The third-order valence-corrected chi connectivity index (χ3v) is 2.70. The molecule has 1 rings (SSSR count). The van der Waals surface area contributed by atoms with E-state index in [0.29, 0.717) is 0 Å². The van der Waals surface area contributed by atoms with Gasteiger partial charge in [0.1, 0.15) is 12.6 Å². The van der Waals surface area contributed by atoms with Crippen LogP contribution in [0.5, 0.6) is 0 Å². The maximum Gasteiger partial charge on any atom is 0.328 e. The van der Waals surface area contributed by atoms with Crippen LogP contribution in [0.15, 0.2) is 0 Å². The van der Waals surface area contributed by atoms with Crippen LogP contribution in [0.3, 0.4) is 0 Å². The Morgan fingerprint density at radius 2 is 2.11 bits per heavy atom. The van der Waals surface area contributed by atoms with Crippen molar-refractivity contribution < 1.29 is 24.3 Å². The van der Waals surface area contributed by atoms with Gasteiger partial charge in [-0.3, -0.25) is 14.4 Å². The zero-order valence-corrected chi connectivity index (χ0v) is 10.2. The quantitative estimate of drug-likeness (QED) is 0.601. The van der Waals surface area contributed by atoms with Crippen LogP contribution in [0.25, 0.3) is 0 Å². The number of rotatable bonds is 3. The van der Waals surface area contributed by atoms with E-state index < -0.39 is 23.8 Å². The molecule has 100 valence electrons. The van der Waals surface area contributed by atoms with Crippen LogP contribution in [-0.2, 0) is 19.2 Å². The Balaban J connectivity index is 2.76. The van der Waals surface area contributed by atoms with Crippen molar-refractivity contribution in [3.8, 4) is 0 Å². The monoisotopic (exact) mass is 257 g/mol. The second-order valence-electron chi connectivity index (χ2n) is 4.05. The van der Waals surface area contributed by atoms with E-state index >= 15 is 0 Å². The molecular weight excluding hydrogens is 242 g/mol. The Kier molecular flexibility index (Phi) is 4.24. The molecule has 18 heavy (non-hydrogen) atoms. The molecule has 1 atom stereocenters. The highest BCUT2D eigenvalue weighted by Gasteiger charge is 2.35. The molecule has 3 amide bonds. The number of likely N-dealkylation sites (N-methyl/N-ethyl adjacent to an activating group) is 1. The summed E-state index contributed by atoms with van der Waals surface area (Å²) in [4.78, 5) is 47.2.